The predicted octanol–water partition coefficient (Wildman–Crippen LogP) is 2.08. The first-order valence-corrected chi connectivity index (χ1v) is 7.88. The van der Waals surface area contributed by atoms with Gasteiger partial charge < -0.3 is 20.9 Å². The fourth-order valence-electron chi connectivity index (χ4n) is 2.61. The zero-order valence-corrected chi connectivity index (χ0v) is 13.8. The standard InChI is InChI=1S/C18H19N5O2/c1-12(21-18(19)25)17(24)22-14-6-4-5-13(9-14)10-23-11-20-15-7-2-3-8-16(15)23/h2-9,11-12H,10H2,1H3,(H,22,24)(H3,19,21,25)/t12-/m1/s1. The summed E-state index contributed by atoms with van der Waals surface area (Å²) in [7, 11) is 0. The normalized spacial score (nSPS) is 11.9. The molecule has 0 saturated heterocycles. The van der Waals surface area contributed by atoms with E-state index >= 15 is 0 Å². The largest absolute Gasteiger partial charge is 0.352 e. The van der Waals surface area contributed by atoms with Gasteiger partial charge in [-0.1, -0.05) is 24.3 Å². The molecule has 1 atom stereocenters. The van der Waals surface area contributed by atoms with Crippen molar-refractivity contribution in [1.82, 2.24) is 14.9 Å². The number of urea groups is 1. The van der Waals surface area contributed by atoms with Crippen LogP contribution in [-0.4, -0.2) is 27.5 Å². The number of fused-ring (bicyclic) bond motifs is 1. The summed E-state index contributed by atoms with van der Waals surface area (Å²) in [5.41, 5.74) is 8.71. The van der Waals surface area contributed by atoms with Gasteiger partial charge >= 0.3 is 6.03 Å². The number of nitrogens with zero attached hydrogens (tertiary/aromatic N) is 2. The zero-order chi connectivity index (χ0) is 17.8. The van der Waals surface area contributed by atoms with Crippen LogP contribution in [0.5, 0.6) is 0 Å². The average molecular weight is 337 g/mol. The summed E-state index contributed by atoms with van der Waals surface area (Å²) in [4.78, 5) is 27.3. The molecule has 7 nitrogen and oxygen atoms in total. The molecule has 3 amide bonds. The monoisotopic (exact) mass is 337 g/mol. The molecule has 0 aliphatic rings. The number of primary amides is 1. The number of benzene rings is 2. The number of para-hydroxylation sites is 2. The summed E-state index contributed by atoms with van der Waals surface area (Å²) in [5, 5.41) is 5.12. The number of amides is 3. The maximum absolute atomic E-state index is 12.1. The van der Waals surface area contributed by atoms with E-state index in [9.17, 15) is 9.59 Å². The Hall–Kier alpha value is -3.35. The van der Waals surface area contributed by atoms with Gasteiger partial charge in [0.15, 0.2) is 0 Å². The van der Waals surface area contributed by atoms with Crippen molar-refractivity contribution in [2.24, 2.45) is 5.73 Å². The minimum atomic E-state index is -0.733. The number of imidazole rings is 1. The van der Waals surface area contributed by atoms with Crippen molar-refractivity contribution in [2.45, 2.75) is 19.5 Å². The quantitative estimate of drug-likeness (QED) is 0.664. The third-order valence-electron chi connectivity index (χ3n) is 3.83. The van der Waals surface area contributed by atoms with Crippen LogP contribution < -0.4 is 16.4 Å². The summed E-state index contributed by atoms with van der Waals surface area (Å²) >= 11 is 0. The molecule has 0 spiro atoms. The van der Waals surface area contributed by atoms with E-state index in [2.05, 4.69) is 15.6 Å². The predicted molar refractivity (Wildman–Crippen MR) is 96.1 cm³/mol. The van der Waals surface area contributed by atoms with E-state index in [1.807, 2.05) is 47.0 Å². The van der Waals surface area contributed by atoms with E-state index in [1.165, 1.54) is 0 Å². The average Bonchev–Trinajstić information content (AvgIpc) is 2.98. The van der Waals surface area contributed by atoms with Crippen LogP contribution in [0.15, 0.2) is 54.9 Å². The summed E-state index contributed by atoms with van der Waals surface area (Å²) < 4.78 is 2.05. The van der Waals surface area contributed by atoms with Crippen LogP contribution in [0.4, 0.5) is 10.5 Å². The number of carbonyl (C=O) groups excluding carboxylic acids is 2. The molecule has 128 valence electrons. The van der Waals surface area contributed by atoms with Gasteiger partial charge in [0.2, 0.25) is 5.91 Å². The molecule has 0 aliphatic carbocycles. The maximum atomic E-state index is 12.1. The fraction of sp³-hybridized carbons (Fsp3) is 0.167. The second kappa shape index (κ2) is 7.04. The second-order valence-electron chi connectivity index (χ2n) is 5.78. The van der Waals surface area contributed by atoms with Gasteiger partial charge in [0.1, 0.15) is 6.04 Å². The number of anilines is 1. The number of nitrogens with two attached hydrogens (primary N) is 1. The van der Waals surface area contributed by atoms with Gasteiger partial charge in [0, 0.05) is 12.2 Å². The highest BCUT2D eigenvalue weighted by Gasteiger charge is 2.14. The summed E-state index contributed by atoms with van der Waals surface area (Å²) in [6.07, 6.45) is 1.80. The SMILES string of the molecule is C[C@@H](NC(N)=O)C(=O)Nc1cccc(Cn2cnc3ccccc32)c1. The number of hydrogen-bond acceptors (Lipinski definition) is 3. The molecule has 0 saturated carbocycles. The van der Waals surface area contributed by atoms with Crippen molar-refractivity contribution in [1.29, 1.82) is 0 Å². The first-order valence-electron chi connectivity index (χ1n) is 7.88. The molecule has 1 aromatic heterocycles. The number of nitrogens with one attached hydrogen (secondary N) is 2. The second-order valence-corrected chi connectivity index (χ2v) is 5.78. The smallest absolute Gasteiger partial charge is 0.312 e. The number of aromatic nitrogens is 2. The van der Waals surface area contributed by atoms with Crippen LogP contribution >= 0.6 is 0 Å². The van der Waals surface area contributed by atoms with Crippen molar-refractivity contribution in [2.75, 3.05) is 5.32 Å². The van der Waals surface area contributed by atoms with Crippen molar-refractivity contribution >= 4 is 28.7 Å². The van der Waals surface area contributed by atoms with Gasteiger partial charge in [0.25, 0.3) is 0 Å². The van der Waals surface area contributed by atoms with Crippen molar-refractivity contribution in [3.63, 3.8) is 0 Å². The molecule has 7 heteroatoms. The molecule has 1 heterocycles. The van der Waals surface area contributed by atoms with Crippen LogP contribution in [0.2, 0.25) is 0 Å². The first kappa shape index (κ1) is 16.5. The fourth-order valence-corrected chi connectivity index (χ4v) is 2.61. The highest BCUT2D eigenvalue weighted by atomic mass is 16.2. The first-order chi connectivity index (χ1) is 12.0. The summed E-state index contributed by atoms with van der Waals surface area (Å²) in [5.74, 6) is -0.330. The van der Waals surface area contributed by atoms with Crippen LogP contribution in [-0.2, 0) is 11.3 Å². The number of carbonyl (C=O) groups is 2. The Labute approximate surface area is 144 Å². The Kier molecular flexibility index (Phi) is 4.65. The van der Waals surface area contributed by atoms with Gasteiger partial charge in [-0.15, -0.1) is 0 Å². The zero-order valence-electron chi connectivity index (χ0n) is 13.8. The van der Waals surface area contributed by atoms with Crippen LogP contribution in [0.25, 0.3) is 11.0 Å². The molecule has 3 rings (SSSR count). The molecule has 0 radical (unpaired) electrons. The van der Waals surface area contributed by atoms with E-state index in [4.69, 9.17) is 5.73 Å². The van der Waals surface area contributed by atoms with Gasteiger partial charge in [-0.2, -0.15) is 0 Å². The van der Waals surface area contributed by atoms with Crippen molar-refractivity contribution < 1.29 is 9.59 Å². The maximum Gasteiger partial charge on any atom is 0.312 e. The minimum Gasteiger partial charge on any atom is -0.352 e. The lowest BCUT2D eigenvalue weighted by Gasteiger charge is -2.13. The van der Waals surface area contributed by atoms with Gasteiger partial charge in [-0.3, -0.25) is 4.79 Å². The lowest BCUT2D eigenvalue weighted by Crippen LogP contribution is -2.44. The molecule has 0 fully saturated rings. The van der Waals surface area contributed by atoms with E-state index in [0.29, 0.717) is 12.2 Å². The highest BCUT2D eigenvalue weighted by molar-refractivity contribution is 5.96. The molecule has 2 aromatic carbocycles. The van der Waals surface area contributed by atoms with Crippen LogP contribution in [0, 0.1) is 0 Å². The Morgan fingerprint density at radius 1 is 1.20 bits per heavy atom. The topological polar surface area (TPSA) is 102 Å². The molecule has 3 aromatic rings. The Balaban J connectivity index is 1.73. The van der Waals surface area contributed by atoms with Crippen LogP contribution in [0.3, 0.4) is 0 Å². The van der Waals surface area contributed by atoms with E-state index in [1.54, 1.807) is 19.3 Å². The highest BCUT2D eigenvalue weighted by Crippen LogP contribution is 2.16. The Morgan fingerprint density at radius 3 is 2.80 bits per heavy atom. The molecular formula is C18H19N5O2. The lowest BCUT2D eigenvalue weighted by atomic mass is 10.2. The van der Waals surface area contributed by atoms with E-state index < -0.39 is 12.1 Å². The van der Waals surface area contributed by atoms with Gasteiger partial charge in [-0.05, 0) is 36.8 Å². The number of rotatable bonds is 5. The molecule has 0 unspecified atom stereocenters. The summed E-state index contributed by atoms with van der Waals surface area (Å²) in [6, 6.07) is 14.0. The molecule has 0 aliphatic heterocycles. The van der Waals surface area contributed by atoms with Crippen LogP contribution in [0.1, 0.15) is 12.5 Å². The minimum absolute atomic E-state index is 0.330. The third-order valence-corrected chi connectivity index (χ3v) is 3.83. The van der Waals surface area contributed by atoms with E-state index in [0.717, 1.165) is 16.6 Å². The molecule has 0 bridgehead atoms. The number of hydrogen-bond donors (Lipinski definition) is 3. The molecule has 4 N–H and O–H groups in total. The molecule has 25 heavy (non-hydrogen) atoms. The van der Waals surface area contributed by atoms with E-state index in [-0.39, 0.29) is 5.91 Å². The molecular weight excluding hydrogens is 318 g/mol. The Bertz CT molecular complexity index is 918. The lowest BCUT2D eigenvalue weighted by molar-refractivity contribution is -0.117. The van der Waals surface area contributed by atoms with Gasteiger partial charge in [-0.25, -0.2) is 9.78 Å². The van der Waals surface area contributed by atoms with Crippen molar-refractivity contribution in [3.05, 3.63) is 60.4 Å². The Morgan fingerprint density at radius 2 is 2.00 bits per heavy atom. The third kappa shape index (κ3) is 3.95. The van der Waals surface area contributed by atoms with Crippen molar-refractivity contribution in [3.8, 4) is 0 Å². The summed E-state index contributed by atoms with van der Waals surface area (Å²) in [6.45, 7) is 2.21. The van der Waals surface area contributed by atoms with Gasteiger partial charge in [0.05, 0.1) is 17.4 Å².